The molecule has 1 atom stereocenters. The van der Waals surface area contributed by atoms with E-state index in [1.807, 2.05) is 6.92 Å². The summed E-state index contributed by atoms with van der Waals surface area (Å²) in [5, 5.41) is 12.2. The smallest absolute Gasteiger partial charge is 0.433 e. The number of rotatable bonds is 5. The first-order valence-electron chi connectivity index (χ1n) is 8.20. The number of pyridine rings is 1. The first-order chi connectivity index (χ1) is 12.6. The Bertz CT molecular complexity index is 827. The lowest BCUT2D eigenvalue weighted by molar-refractivity contribution is -0.144. The molecule has 27 heavy (non-hydrogen) atoms. The predicted molar refractivity (Wildman–Crippen MR) is 93.3 cm³/mol. The van der Waals surface area contributed by atoms with Gasteiger partial charge in [0.2, 0.25) is 5.88 Å². The third kappa shape index (κ3) is 4.55. The number of benzene rings is 1. The summed E-state index contributed by atoms with van der Waals surface area (Å²) >= 11 is 0. The molecule has 0 saturated heterocycles. The van der Waals surface area contributed by atoms with Crippen molar-refractivity contribution in [2.24, 2.45) is 4.99 Å². The Morgan fingerprint density at radius 1 is 1.19 bits per heavy atom. The minimum absolute atomic E-state index is 0.101. The summed E-state index contributed by atoms with van der Waals surface area (Å²) in [4.78, 5) is 7.53. The zero-order valence-corrected chi connectivity index (χ0v) is 14.8. The molecule has 1 aliphatic heterocycles. The van der Waals surface area contributed by atoms with Crippen LogP contribution in [0.5, 0.6) is 11.6 Å². The predicted octanol–water partition coefficient (Wildman–Crippen LogP) is 3.21. The fraction of sp³-hybridized carbons (Fsp3) is 0.333. The molecular weight excluding hydrogens is 361 g/mol. The molecule has 144 valence electrons. The number of aromatic nitrogens is 1. The fourth-order valence-corrected chi connectivity index (χ4v) is 2.73. The second-order valence-electron chi connectivity index (χ2n) is 6.51. The van der Waals surface area contributed by atoms with Crippen molar-refractivity contribution < 1.29 is 23.0 Å². The van der Waals surface area contributed by atoms with Crippen LogP contribution in [0.15, 0.2) is 41.4 Å². The van der Waals surface area contributed by atoms with Crippen molar-refractivity contribution in [3.05, 3.63) is 53.2 Å². The molecule has 1 aliphatic rings. The van der Waals surface area contributed by atoms with E-state index in [2.05, 4.69) is 15.4 Å². The minimum Gasteiger partial charge on any atom is -0.439 e. The first kappa shape index (κ1) is 19.1. The van der Waals surface area contributed by atoms with Gasteiger partial charge in [-0.1, -0.05) is 17.7 Å². The highest BCUT2D eigenvalue weighted by Crippen LogP contribution is 2.37. The van der Waals surface area contributed by atoms with Gasteiger partial charge in [-0.05, 0) is 32.0 Å². The zero-order valence-electron chi connectivity index (χ0n) is 14.8. The Hall–Kier alpha value is -2.65. The van der Waals surface area contributed by atoms with Crippen LogP contribution in [0.3, 0.4) is 0 Å². The molecule has 0 amide bonds. The van der Waals surface area contributed by atoms with Crippen LogP contribution in [-0.4, -0.2) is 34.7 Å². The van der Waals surface area contributed by atoms with Crippen molar-refractivity contribution >= 4 is 6.34 Å². The van der Waals surface area contributed by atoms with Crippen molar-refractivity contribution in [3.8, 4) is 11.6 Å². The molecule has 9 heteroatoms. The highest BCUT2D eigenvalue weighted by molar-refractivity contribution is 5.55. The molecule has 2 heterocycles. The molecule has 0 fully saturated rings. The van der Waals surface area contributed by atoms with Crippen LogP contribution in [0.2, 0.25) is 0 Å². The van der Waals surface area contributed by atoms with Crippen molar-refractivity contribution in [2.45, 2.75) is 25.6 Å². The number of hydrogen-bond acceptors (Lipinski definition) is 6. The van der Waals surface area contributed by atoms with Gasteiger partial charge in [-0.2, -0.15) is 18.2 Å². The van der Waals surface area contributed by atoms with Gasteiger partial charge >= 0.3 is 6.18 Å². The van der Waals surface area contributed by atoms with Crippen LogP contribution >= 0.6 is 0 Å². The number of halogens is 3. The van der Waals surface area contributed by atoms with E-state index in [1.165, 1.54) is 30.4 Å². The number of nitrogens with one attached hydrogen (secondary N) is 1. The average Bonchev–Trinajstić information content (AvgIpc) is 3.08. The first-order valence-corrected chi connectivity index (χ1v) is 8.20. The molecule has 0 bridgehead atoms. The van der Waals surface area contributed by atoms with Crippen LogP contribution in [0.25, 0.3) is 0 Å². The Labute approximate surface area is 154 Å². The average molecular weight is 380 g/mol. The SMILES string of the molecule is Cc1ccc(Oc2ccc(C(C)(O)CN3CN=CN3)c(C(F)(F)F)n2)cc1. The summed E-state index contributed by atoms with van der Waals surface area (Å²) in [6.45, 7) is 3.33. The van der Waals surface area contributed by atoms with Crippen molar-refractivity contribution in [1.82, 2.24) is 15.4 Å². The monoisotopic (exact) mass is 380 g/mol. The molecule has 2 aromatic rings. The molecular formula is C18H19F3N4O2. The molecule has 0 spiro atoms. The molecule has 0 radical (unpaired) electrons. The van der Waals surface area contributed by atoms with E-state index in [4.69, 9.17) is 4.74 Å². The summed E-state index contributed by atoms with van der Waals surface area (Å²) in [7, 11) is 0. The number of alkyl halides is 3. The molecule has 1 aromatic carbocycles. The largest absolute Gasteiger partial charge is 0.439 e. The molecule has 0 saturated carbocycles. The number of β-amino-alcohol motifs (C(OH)–C–C–N with tert-alkyl or cyclic N) is 1. The Balaban J connectivity index is 1.90. The number of hydrogen-bond donors (Lipinski definition) is 2. The van der Waals surface area contributed by atoms with Gasteiger partial charge in [-0.15, -0.1) is 0 Å². The van der Waals surface area contributed by atoms with Crippen LogP contribution in [-0.2, 0) is 11.8 Å². The number of aryl methyl sites for hydroxylation is 1. The van der Waals surface area contributed by atoms with Gasteiger partial charge in [0.15, 0.2) is 5.69 Å². The number of hydrazine groups is 1. The second kappa shape index (κ2) is 7.16. The van der Waals surface area contributed by atoms with E-state index in [0.717, 1.165) is 5.56 Å². The van der Waals surface area contributed by atoms with E-state index < -0.39 is 17.5 Å². The van der Waals surface area contributed by atoms with E-state index >= 15 is 0 Å². The van der Waals surface area contributed by atoms with Crippen molar-refractivity contribution in [1.29, 1.82) is 0 Å². The summed E-state index contributed by atoms with van der Waals surface area (Å²) in [5.41, 5.74) is 0.421. The molecule has 0 aliphatic carbocycles. The standard InChI is InChI=1S/C18H19F3N4O2/c1-12-3-5-13(6-4-12)27-15-8-7-14(16(24-15)18(19,20)21)17(2,26)9-25-11-22-10-23-25/h3-8,10,26H,9,11H2,1-2H3,(H,22,23). The van der Waals surface area contributed by atoms with Crippen LogP contribution in [0, 0.1) is 6.92 Å². The highest BCUT2D eigenvalue weighted by atomic mass is 19.4. The number of nitrogens with zero attached hydrogens (tertiary/aromatic N) is 3. The molecule has 2 N–H and O–H groups in total. The van der Waals surface area contributed by atoms with Crippen LogP contribution < -0.4 is 10.2 Å². The van der Waals surface area contributed by atoms with E-state index in [1.54, 1.807) is 24.3 Å². The van der Waals surface area contributed by atoms with Gasteiger partial charge in [0.1, 0.15) is 18.0 Å². The van der Waals surface area contributed by atoms with Gasteiger partial charge in [-0.25, -0.2) is 4.98 Å². The quantitative estimate of drug-likeness (QED) is 0.834. The lowest BCUT2D eigenvalue weighted by atomic mass is 9.93. The van der Waals surface area contributed by atoms with Crippen LogP contribution in [0.1, 0.15) is 23.7 Å². The maximum Gasteiger partial charge on any atom is 0.433 e. The summed E-state index contributed by atoms with van der Waals surface area (Å²) < 4.78 is 46.2. The van der Waals surface area contributed by atoms with E-state index in [-0.39, 0.29) is 24.7 Å². The second-order valence-corrected chi connectivity index (χ2v) is 6.51. The number of aliphatic hydroxyl groups is 1. The zero-order chi connectivity index (χ0) is 19.7. The molecule has 6 nitrogen and oxygen atoms in total. The summed E-state index contributed by atoms with van der Waals surface area (Å²) in [6, 6.07) is 9.36. The maximum absolute atomic E-state index is 13.6. The fourth-order valence-electron chi connectivity index (χ4n) is 2.73. The Morgan fingerprint density at radius 2 is 1.89 bits per heavy atom. The topological polar surface area (TPSA) is 70.0 Å². The van der Waals surface area contributed by atoms with Gasteiger partial charge in [0.25, 0.3) is 0 Å². The van der Waals surface area contributed by atoms with Crippen LogP contribution in [0.4, 0.5) is 13.2 Å². The third-order valence-corrected chi connectivity index (χ3v) is 4.04. The van der Waals surface area contributed by atoms with Crippen molar-refractivity contribution in [3.63, 3.8) is 0 Å². The Morgan fingerprint density at radius 3 is 2.48 bits per heavy atom. The molecule has 1 unspecified atom stereocenters. The molecule has 3 rings (SSSR count). The Kier molecular flexibility index (Phi) is 5.07. The normalized spacial score (nSPS) is 16.8. The third-order valence-electron chi connectivity index (χ3n) is 4.04. The van der Waals surface area contributed by atoms with E-state index in [0.29, 0.717) is 5.75 Å². The van der Waals surface area contributed by atoms with Gasteiger partial charge in [0, 0.05) is 11.6 Å². The number of aliphatic imine (C=N–C) groups is 1. The van der Waals surface area contributed by atoms with Crippen molar-refractivity contribution in [2.75, 3.05) is 13.2 Å². The van der Waals surface area contributed by atoms with Gasteiger partial charge in [0.05, 0.1) is 12.9 Å². The summed E-state index contributed by atoms with van der Waals surface area (Å²) in [6.07, 6.45) is -3.33. The lowest BCUT2D eigenvalue weighted by Gasteiger charge is -2.30. The van der Waals surface area contributed by atoms with E-state index in [9.17, 15) is 18.3 Å². The lowest BCUT2D eigenvalue weighted by Crippen LogP contribution is -2.44. The van der Waals surface area contributed by atoms with Gasteiger partial charge < -0.3 is 15.3 Å². The number of ether oxygens (including phenoxy) is 1. The summed E-state index contributed by atoms with van der Waals surface area (Å²) in [5.74, 6) is 0.174. The highest BCUT2D eigenvalue weighted by Gasteiger charge is 2.41. The molecule has 1 aromatic heterocycles. The maximum atomic E-state index is 13.6. The minimum atomic E-state index is -4.75. The van der Waals surface area contributed by atoms with Gasteiger partial charge in [-0.3, -0.25) is 4.99 Å².